The summed E-state index contributed by atoms with van der Waals surface area (Å²) in [5.74, 6) is 0.674. The third kappa shape index (κ3) is 3.90. The number of anilines is 1. The molecule has 30 heavy (non-hydrogen) atoms. The Morgan fingerprint density at radius 1 is 0.933 bits per heavy atom. The van der Waals surface area contributed by atoms with Crippen LogP contribution in [0.5, 0.6) is 5.75 Å². The van der Waals surface area contributed by atoms with Crippen LogP contribution in [-0.4, -0.2) is 17.5 Å². The number of rotatable bonds is 5. The van der Waals surface area contributed by atoms with E-state index in [-0.39, 0.29) is 5.91 Å². The van der Waals surface area contributed by atoms with Crippen LogP contribution >= 0.6 is 0 Å². The molecule has 0 bridgehead atoms. The molecule has 1 aromatic heterocycles. The number of carbonyl (C=O) groups is 1. The van der Waals surface area contributed by atoms with E-state index >= 15 is 0 Å². The van der Waals surface area contributed by atoms with Gasteiger partial charge in [-0.2, -0.15) is 0 Å². The fourth-order valence-electron chi connectivity index (χ4n) is 3.59. The number of carbonyl (C=O) groups excluding carboxylic acids is 1. The number of fused-ring (bicyclic) bond motifs is 1. The number of nitrogens with zero attached hydrogens (tertiary/aromatic N) is 1. The van der Waals surface area contributed by atoms with E-state index in [1.165, 1.54) is 0 Å². The molecule has 0 saturated heterocycles. The second kappa shape index (κ2) is 8.37. The average Bonchev–Trinajstić information content (AvgIpc) is 2.76. The Morgan fingerprint density at radius 3 is 2.33 bits per heavy atom. The summed E-state index contributed by atoms with van der Waals surface area (Å²) in [5.41, 5.74) is 6.00. The van der Waals surface area contributed by atoms with Crippen molar-refractivity contribution in [1.29, 1.82) is 0 Å². The zero-order chi connectivity index (χ0) is 21.1. The van der Waals surface area contributed by atoms with E-state index < -0.39 is 0 Å². The van der Waals surface area contributed by atoms with Crippen LogP contribution in [0.1, 0.15) is 28.4 Å². The summed E-state index contributed by atoms with van der Waals surface area (Å²) in [6.07, 6.45) is 0. The maximum atomic E-state index is 13.3. The van der Waals surface area contributed by atoms with Crippen molar-refractivity contribution in [1.82, 2.24) is 4.98 Å². The molecule has 4 rings (SSSR count). The van der Waals surface area contributed by atoms with Crippen molar-refractivity contribution in [2.75, 3.05) is 11.9 Å². The van der Waals surface area contributed by atoms with E-state index in [1.54, 1.807) is 0 Å². The number of aromatic nitrogens is 1. The van der Waals surface area contributed by atoms with Gasteiger partial charge in [-0.3, -0.25) is 4.79 Å². The van der Waals surface area contributed by atoms with E-state index in [0.29, 0.717) is 12.2 Å². The van der Waals surface area contributed by atoms with Crippen LogP contribution in [0, 0.1) is 13.8 Å². The van der Waals surface area contributed by atoms with Crippen LogP contribution in [0.3, 0.4) is 0 Å². The van der Waals surface area contributed by atoms with Crippen molar-refractivity contribution in [3.8, 4) is 17.0 Å². The van der Waals surface area contributed by atoms with E-state index in [2.05, 4.69) is 5.32 Å². The third-order valence-corrected chi connectivity index (χ3v) is 5.14. The lowest BCUT2D eigenvalue weighted by molar-refractivity contribution is 0.102. The molecule has 0 aliphatic rings. The molecule has 0 spiro atoms. The van der Waals surface area contributed by atoms with Gasteiger partial charge in [0.15, 0.2) is 0 Å². The smallest absolute Gasteiger partial charge is 0.256 e. The molecule has 4 aromatic rings. The number of hydrogen-bond donors (Lipinski definition) is 1. The first-order valence-corrected chi connectivity index (χ1v) is 10.1. The first-order valence-electron chi connectivity index (χ1n) is 10.1. The normalized spacial score (nSPS) is 10.8. The van der Waals surface area contributed by atoms with Gasteiger partial charge in [-0.25, -0.2) is 4.98 Å². The number of benzene rings is 3. The number of aryl methyl sites for hydroxylation is 2. The molecule has 0 aliphatic carbocycles. The molecule has 0 saturated carbocycles. The number of hydrogen-bond acceptors (Lipinski definition) is 3. The molecule has 3 aromatic carbocycles. The molecule has 150 valence electrons. The predicted octanol–water partition coefficient (Wildman–Crippen LogP) is 6.17. The second-order valence-electron chi connectivity index (χ2n) is 7.25. The lowest BCUT2D eigenvalue weighted by Gasteiger charge is -2.14. The van der Waals surface area contributed by atoms with E-state index in [4.69, 9.17) is 9.72 Å². The van der Waals surface area contributed by atoms with Crippen molar-refractivity contribution in [2.24, 2.45) is 0 Å². The van der Waals surface area contributed by atoms with Crippen LogP contribution in [0.15, 0.2) is 72.8 Å². The lowest BCUT2D eigenvalue weighted by atomic mass is 10.0. The van der Waals surface area contributed by atoms with Gasteiger partial charge in [0.05, 0.1) is 23.4 Å². The molecule has 0 radical (unpaired) electrons. The van der Waals surface area contributed by atoms with Gasteiger partial charge in [0.25, 0.3) is 5.91 Å². The summed E-state index contributed by atoms with van der Waals surface area (Å²) in [4.78, 5) is 18.1. The molecule has 1 N–H and O–H groups in total. The van der Waals surface area contributed by atoms with Crippen LogP contribution < -0.4 is 10.1 Å². The molecule has 0 unspecified atom stereocenters. The van der Waals surface area contributed by atoms with E-state index in [1.807, 2.05) is 93.6 Å². The minimum absolute atomic E-state index is 0.141. The average molecular weight is 396 g/mol. The van der Waals surface area contributed by atoms with Gasteiger partial charge < -0.3 is 10.1 Å². The summed E-state index contributed by atoms with van der Waals surface area (Å²) in [5, 5.41) is 3.93. The Hall–Kier alpha value is -3.66. The van der Waals surface area contributed by atoms with Gasteiger partial charge in [0.1, 0.15) is 5.75 Å². The van der Waals surface area contributed by atoms with Crippen molar-refractivity contribution in [3.05, 3.63) is 89.5 Å². The van der Waals surface area contributed by atoms with Crippen LogP contribution in [-0.2, 0) is 0 Å². The minimum Gasteiger partial charge on any atom is -0.494 e. The van der Waals surface area contributed by atoms with Crippen LogP contribution in [0.4, 0.5) is 5.69 Å². The largest absolute Gasteiger partial charge is 0.494 e. The summed E-state index contributed by atoms with van der Waals surface area (Å²) in [6, 6.07) is 23.4. The van der Waals surface area contributed by atoms with E-state index in [0.717, 1.165) is 44.7 Å². The number of para-hydroxylation sites is 2. The van der Waals surface area contributed by atoms with Gasteiger partial charge >= 0.3 is 0 Å². The Morgan fingerprint density at radius 2 is 1.63 bits per heavy atom. The first kappa shape index (κ1) is 19.6. The zero-order valence-corrected chi connectivity index (χ0v) is 17.4. The number of nitrogens with one attached hydrogen (secondary N) is 1. The summed E-state index contributed by atoms with van der Waals surface area (Å²) in [6.45, 7) is 6.58. The highest BCUT2D eigenvalue weighted by atomic mass is 16.5. The molecule has 1 heterocycles. The predicted molar refractivity (Wildman–Crippen MR) is 122 cm³/mol. The Balaban J connectivity index is 1.78. The van der Waals surface area contributed by atoms with Gasteiger partial charge in [-0.05, 0) is 68.3 Å². The summed E-state index contributed by atoms with van der Waals surface area (Å²) < 4.78 is 5.53. The maximum absolute atomic E-state index is 13.3. The summed E-state index contributed by atoms with van der Waals surface area (Å²) >= 11 is 0. The van der Waals surface area contributed by atoms with E-state index in [9.17, 15) is 4.79 Å². The molecular weight excluding hydrogens is 372 g/mol. The molecule has 0 fully saturated rings. The van der Waals surface area contributed by atoms with Gasteiger partial charge in [-0.1, -0.05) is 36.4 Å². The standard InChI is InChI=1S/C26H24N2O2/c1-4-30-20-14-12-19(13-15-20)24-16-22(21-10-5-6-11-23(21)27-24)26(29)28-25-17(2)8-7-9-18(25)3/h5-16H,4H2,1-3H3,(H,28,29). The van der Waals surface area contributed by atoms with Crippen LogP contribution in [0.2, 0.25) is 0 Å². The second-order valence-corrected chi connectivity index (χ2v) is 7.25. The monoisotopic (exact) mass is 396 g/mol. The first-order chi connectivity index (χ1) is 14.6. The van der Waals surface area contributed by atoms with Crippen molar-refractivity contribution in [2.45, 2.75) is 20.8 Å². The molecule has 4 heteroatoms. The highest BCUT2D eigenvalue weighted by molar-refractivity contribution is 6.13. The fraction of sp³-hybridized carbons (Fsp3) is 0.154. The fourth-order valence-corrected chi connectivity index (χ4v) is 3.59. The Bertz CT molecular complexity index is 1190. The number of pyridine rings is 1. The van der Waals surface area contributed by atoms with Crippen molar-refractivity contribution in [3.63, 3.8) is 0 Å². The zero-order valence-electron chi connectivity index (χ0n) is 17.4. The minimum atomic E-state index is -0.141. The quantitative estimate of drug-likeness (QED) is 0.439. The van der Waals surface area contributed by atoms with Crippen LogP contribution in [0.25, 0.3) is 22.2 Å². The molecule has 0 aliphatic heterocycles. The third-order valence-electron chi connectivity index (χ3n) is 5.14. The van der Waals surface area contributed by atoms with Gasteiger partial charge in [-0.15, -0.1) is 0 Å². The number of amides is 1. The molecule has 0 atom stereocenters. The van der Waals surface area contributed by atoms with Gasteiger partial charge in [0, 0.05) is 16.6 Å². The Labute approximate surface area is 176 Å². The highest BCUT2D eigenvalue weighted by Gasteiger charge is 2.16. The molecule has 1 amide bonds. The molecule has 4 nitrogen and oxygen atoms in total. The van der Waals surface area contributed by atoms with Gasteiger partial charge in [0.2, 0.25) is 0 Å². The Kier molecular flexibility index (Phi) is 5.48. The van der Waals surface area contributed by atoms with Crippen molar-refractivity contribution < 1.29 is 9.53 Å². The lowest BCUT2D eigenvalue weighted by Crippen LogP contribution is -2.14. The highest BCUT2D eigenvalue weighted by Crippen LogP contribution is 2.28. The topological polar surface area (TPSA) is 51.2 Å². The maximum Gasteiger partial charge on any atom is 0.256 e. The number of ether oxygens (including phenoxy) is 1. The van der Waals surface area contributed by atoms with Crippen molar-refractivity contribution >= 4 is 22.5 Å². The molecular formula is C26H24N2O2. The summed E-state index contributed by atoms with van der Waals surface area (Å²) in [7, 11) is 0. The SMILES string of the molecule is CCOc1ccc(-c2cc(C(=O)Nc3c(C)cccc3C)c3ccccc3n2)cc1.